The second-order valence-corrected chi connectivity index (χ2v) is 7.31. The van der Waals surface area contributed by atoms with Gasteiger partial charge in [0.1, 0.15) is 12.4 Å². The van der Waals surface area contributed by atoms with Crippen LogP contribution in [0.15, 0.2) is 12.5 Å². The number of hydrogen-bond donors (Lipinski definition) is 2. The Morgan fingerprint density at radius 3 is 2.63 bits per heavy atom. The molecule has 2 heterocycles. The van der Waals surface area contributed by atoms with E-state index in [9.17, 15) is 14.4 Å². The van der Waals surface area contributed by atoms with E-state index in [0.29, 0.717) is 30.8 Å². The number of nitrogens with one attached hydrogen (secondary N) is 2. The van der Waals surface area contributed by atoms with Gasteiger partial charge in [-0.25, -0.2) is 9.97 Å². The first-order valence-electron chi connectivity index (χ1n) is 9.67. The summed E-state index contributed by atoms with van der Waals surface area (Å²) in [6.07, 6.45) is 7.29. The number of carbonyl (C=O) groups is 3. The fourth-order valence-electron chi connectivity index (χ4n) is 3.97. The van der Waals surface area contributed by atoms with Gasteiger partial charge in [0.25, 0.3) is 5.91 Å². The smallest absolute Gasteiger partial charge is 0.258 e. The molecular formula is C19H27N5O3. The third-order valence-corrected chi connectivity index (χ3v) is 5.43. The van der Waals surface area contributed by atoms with Crippen molar-refractivity contribution in [3.63, 3.8) is 0 Å². The van der Waals surface area contributed by atoms with Crippen molar-refractivity contribution in [2.24, 2.45) is 5.92 Å². The van der Waals surface area contributed by atoms with E-state index in [1.165, 1.54) is 17.4 Å². The minimum atomic E-state index is -0.606. The molecule has 0 aromatic carbocycles. The van der Waals surface area contributed by atoms with Gasteiger partial charge in [0.15, 0.2) is 0 Å². The van der Waals surface area contributed by atoms with E-state index in [1.54, 1.807) is 6.92 Å². The molecule has 27 heavy (non-hydrogen) atoms. The van der Waals surface area contributed by atoms with Gasteiger partial charge in [-0.3, -0.25) is 14.4 Å². The highest BCUT2D eigenvalue weighted by molar-refractivity contribution is 5.98. The van der Waals surface area contributed by atoms with Crippen molar-refractivity contribution in [3.05, 3.63) is 23.8 Å². The summed E-state index contributed by atoms with van der Waals surface area (Å²) in [4.78, 5) is 47.6. The molecule has 0 radical (unpaired) electrons. The number of amides is 3. The molecule has 2 N–H and O–H groups in total. The van der Waals surface area contributed by atoms with Gasteiger partial charge in [0, 0.05) is 31.2 Å². The fourth-order valence-corrected chi connectivity index (χ4v) is 3.97. The second-order valence-electron chi connectivity index (χ2n) is 7.31. The highest BCUT2D eigenvalue weighted by Gasteiger charge is 2.41. The predicted molar refractivity (Wildman–Crippen MR) is 98.8 cm³/mol. The average molecular weight is 373 g/mol. The van der Waals surface area contributed by atoms with Crippen LogP contribution in [-0.4, -0.2) is 57.8 Å². The molecule has 0 bridgehead atoms. The average Bonchev–Trinajstić information content (AvgIpc) is 3.32. The zero-order chi connectivity index (χ0) is 19.4. The number of nitrogens with zero attached hydrogens (tertiary/aromatic N) is 3. The van der Waals surface area contributed by atoms with Gasteiger partial charge in [-0.1, -0.05) is 12.8 Å². The molecule has 2 aliphatic rings. The number of aryl methyl sites for hydroxylation is 1. The van der Waals surface area contributed by atoms with Crippen LogP contribution in [0.5, 0.6) is 0 Å². The van der Waals surface area contributed by atoms with E-state index in [-0.39, 0.29) is 29.7 Å². The number of hydrogen-bond acceptors (Lipinski definition) is 5. The monoisotopic (exact) mass is 373 g/mol. The summed E-state index contributed by atoms with van der Waals surface area (Å²) in [5.41, 5.74) is 0.956. The number of rotatable bonds is 5. The maximum Gasteiger partial charge on any atom is 0.258 e. The van der Waals surface area contributed by atoms with Crippen molar-refractivity contribution in [1.82, 2.24) is 25.5 Å². The van der Waals surface area contributed by atoms with Crippen LogP contribution in [-0.2, 0) is 9.59 Å². The Morgan fingerprint density at radius 2 is 1.96 bits per heavy atom. The van der Waals surface area contributed by atoms with Gasteiger partial charge in [0.2, 0.25) is 11.8 Å². The zero-order valence-electron chi connectivity index (χ0n) is 15.9. The van der Waals surface area contributed by atoms with Crippen molar-refractivity contribution in [2.45, 2.75) is 58.0 Å². The van der Waals surface area contributed by atoms with E-state index in [2.05, 4.69) is 20.6 Å². The van der Waals surface area contributed by atoms with Gasteiger partial charge in [-0.15, -0.1) is 0 Å². The maximum absolute atomic E-state index is 13.0. The standard InChI is InChI=1S/C19H27N5O3/c1-3-21-18(26)16-8-14(23-17(25)13-6-4-5-7-13)10-24(16)19(27)15-9-20-11-22-12(15)2/h9,11,13-14,16H,3-8,10H2,1-2H3,(H,21,26)(H,23,25)/t14-,16-/m0/s1. The molecular weight excluding hydrogens is 346 g/mol. The molecule has 0 spiro atoms. The molecule has 8 heteroatoms. The first kappa shape index (κ1) is 19.3. The van der Waals surface area contributed by atoms with E-state index < -0.39 is 6.04 Å². The van der Waals surface area contributed by atoms with Crippen molar-refractivity contribution in [2.75, 3.05) is 13.1 Å². The summed E-state index contributed by atoms with van der Waals surface area (Å²) in [6.45, 7) is 4.39. The normalized spacial score (nSPS) is 22.7. The van der Waals surface area contributed by atoms with Crippen molar-refractivity contribution >= 4 is 17.7 Å². The Labute approximate surface area is 159 Å². The van der Waals surface area contributed by atoms with Crippen LogP contribution in [0, 0.1) is 12.8 Å². The Kier molecular flexibility index (Phi) is 6.03. The lowest BCUT2D eigenvalue weighted by Crippen LogP contribution is -2.46. The molecule has 2 fully saturated rings. The van der Waals surface area contributed by atoms with Gasteiger partial charge in [-0.05, 0) is 33.1 Å². The molecule has 8 nitrogen and oxygen atoms in total. The first-order valence-corrected chi connectivity index (χ1v) is 9.67. The fraction of sp³-hybridized carbons (Fsp3) is 0.632. The lowest BCUT2D eigenvalue weighted by molar-refractivity contribution is -0.126. The van der Waals surface area contributed by atoms with Crippen LogP contribution in [0.25, 0.3) is 0 Å². The van der Waals surface area contributed by atoms with Crippen molar-refractivity contribution in [1.29, 1.82) is 0 Å². The Hall–Kier alpha value is -2.51. The van der Waals surface area contributed by atoms with Crippen LogP contribution < -0.4 is 10.6 Å². The lowest BCUT2D eigenvalue weighted by Gasteiger charge is -2.24. The summed E-state index contributed by atoms with van der Waals surface area (Å²) >= 11 is 0. The molecule has 1 aliphatic carbocycles. The molecule has 1 saturated heterocycles. The van der Waals surface area contributed by atoms with Crippen LogP contribution in [0.2, 0.25) is 0 Å². The summed E-state index contributed by atoms with van der Waals surface area (Å²) < 4.78 is 0. The van der Waals surface area contributed by atoms with Gasteiger partial charge >= 0.3 is 0 Å². The molecule has 146 valence electrons. The molecule has 1 aromatic rings. The topological polar surface area (TPSA) is 104 Å². The maximum atomic E-state index is 13.0. The SMILES string of the molecule is CCNC(=O)[C@@H]1C[C@H](NC(=O)C2CCCC2)CN1C(=O)c1cncnc1C. The minimum Gasteiger partial charge on any atom is -0.355 e. The van der Waals surface area contributed by atoms with Gasteiger partial charge in [0.05, 0.1) is 11.3 Å². The highest BCUT2D eigenvalue weighted by Crippen LogP contribution is 2.26. The third kappa shape index (κ3) is 4.26. The van der Waals surface area contributed by atoms with Crippen LogP contribution in [0.1, 0.15) is 55.1 Å². The molecule has 1 aliphatic heterocycles. The molecule has 2 atom stereocenters. The van der Waals surface area contributed by atoms with Gasteiger partial charge < -0.3 is 15.5 Å². The number of likely N-dealkylation sites (tertiary alicyclic amines) is 1. The Bertz CT molecular complexity index is 717. The van der Waals surface area contributed by atoms with E-state index >= 15 is 0 Å². The van der Waals surface area contributed by atoms with Crippen LogP contribution in [0.4, 0.5) is 0 Å². The third-order valence-electron chi connectivity index (χ3n) is 5.43. The molecule has 3 rings (SSSR count). The lowest BCUT2D eigenvalue weighted by atomic mass is 10.1. The number of likely N-dealkylation sites (N-methyl/N-ethyl adjacent to an activating group) is 1. The van der Waals surface area contributed by atoms with Crippen molar-refractivity contribution < 1.29 is 14.4 Å². The first-order chi connectivity index (χ1) is 13.0. The summed E-state index contributed by atoms with van der Waals surface area (Å²) in [5, 5.41) is 5.85. The molecule has 1 saturated carbocycles. The van der Waals surface area contributed by atoms with E-state index in [0.717, 1.165) is 25.7 Å². The van der Waals surface area contributed by atoms with Crippen LogP contribution >= 0.6 is 0 Å². The quantitative estimate of drug-likeness (QED) is 0.795. The van der Waals surface area contributed by atoms with E-state index in [4.69, 9.17) is 0 Å². The second kappa shape index (κ2) is 8.45. The Morgan fingerprint density at radius 1 is 1.22 bits per heavy atom. The molecule has 0 unspecified atom stereocenters. The largest absolute Gasteiger partial charge is 0.355 e. The van der Waals surface area contributed by atoms with Crippen molar-refractivity contribution in [3.8, 4) is 0 Å². The Balaban J connectivity index is 1.75. The molecule has 3 amide bonds. The molecule has 1 aromatic heterocycles. The minimum absolute atomic E-state index is 0.0423. The summed E-state index contributed by atoms with van der Waals surface area (Å²) in [5.74, 6) is -0.372. The summed E-state index contributed by atoms with van der Waals surface area (Å²) in [6, 6.07) is -0.828. The van der Waals surface area contributed by atoms with Gasteiger partial charge in [-0.2, -0.15) is 0 Å². The zero-order valence-corrected chi connectivity index (χ0v) is 15.9. The summed E-state index contributed by atoms with van der Waals surface area (Å²) in [7, 11) is 0. The van der Waals surface area contributed by atoms with Crippen LogP contribution in [0.3, 0.4) is 0 Å². The highest BCUT2D eigenvalue weighted by atomic mass is 16.2. The number of carbonyl (C=O) groups excluding carboxylic acids is 3. The number of aromatic nitrogens is 2. The predicted octanol–water partition coefficient (Wildman–Crippen LogP) is 0.811. The van der Waals surface area contributed by atoms with E-state index in [1.807, 2.05) is 6.92 Å².